The fourth-order valence-electron chi connectivity index (χ4n) is 3.32. The van der Waals surface area contributed by atoms with Crippen molar-refractivity contribution in [2.75, 3.05) is 0 Å². The highest BCUT2D eigenvalue weighted by atomic mass is 28.4. The molecule has 0 aromatic carbocycles. The van der Waals surface area contributed by atoms with Crippen molar-refractivity contribution in [1.29, 1.82) is 0 Å². The molecule has 0 spiro atoms. The van der Waals surface area contributed by atoms with E-state index in [9.17, 15) is 9.90 Å². The number of ketones is 1. The van der Waals surface area contributed by atoms with Gasteiger partial charge in [-0.15, -0.1) is 0 Å². The molecule has 1 N–H and O–H groups in total. The molecular weight excluding hydrogens is 316 g/mol. The third-order valence-corrected chi connectivity index (χ3v) is 10.7. The van der Waals surface area contributed by atoms with E-state index in [1.807, 2.05) is 20.8 Å². The van der Waals surface area contributed by atoms with Gasteiger partial charge in [0.1, 0.15) is 6.10 Å². The second-order valence-electron chi connectivity index (χ2n) is 9.62. The largest absolute Gasteiger partial charge is 0.407 e. The summed E-state index contributed by atoms with van der Waals surface area (Å²) in [5.41, 5.74) is 0. The van der Waals surface area contributed by atoms with Crippen LogP contribution in [0.4, 0.5) is 0 Å². The lowest BCUT2D eigenvalue weighted by Crippen LogP contribution is -2.51. The smallest absolute Gasteiger partial charge is 0.193 e. The van der Waals surface area contributed by atoms with Gasteiger partial charge in [-0.3, -0.25) is 4.79 Å². The zero-order valence-electron chi connectivity index (χ0n) is 17.2. The Morgan fingerprint density at radius 2 is 1.58 bits per heavy atom. The van der Waals surface area contributed by atoms with E-state index in [0.29, 0.717) is 5.92 Å². The molecule has 1 aliphatic rings. The van der Waals surface area contributed by atoms with E-state index in [1.54, 1.807) is 0 Å². The molecule has 0 unspecified atom stereocenters. The number of aliphatic hydroxyl groups is 1. The van der Waals surface area contributed by atoms with E-state index in [1.165, 1.54) is 19.3 Å². The summed E-state index contributed by atoms with van der Waals surface area (Å²) in [4.78, 5) is 13.2. The minimum Gasteiger partial charge on any atom is -0.407 e. The highest BCUT2D eigenvalue weighted by Gasteiger charge is 2.44. The van der Waals surface area contributed by atoms with Crippen molar-refractivity contribution in [3.8, 4) is 0 Å². The molecule has 3 nitrogen and oxygen atoms in total. The Morgan fingerprint density at radius 3 is 2.00 bits per heavy atom. The Balaban J connectivity index is 3.03. The van der Waals surface area contributed by atoms with Crippen LogP contribution < -0.4 is 0 Å². The molecule has 3 atom stereocenters. The SMILES string of the molecule is CC(C)[C@H](O)[C@@H](C)C(=O)[C@@H](O[Si](C)(C)C(C)(C)C)C1CCCCC1. The number of carbonyl (C=O) groups is 1. The van der Waals surface area contributed by atoms with Crippen molar-refractivity contribution in [2.45, 2.75) is 104 Å². The Bertz CT molecular complexity index is 406. The summed E-state index contributed by atoms with van der Waals surface area (Å²) in [5.74, 6) is 0.167. The predicted molar refractivity (Wildman–Crippen MR) is 104 cm³/mol. The van der Waals surface area contributed by atoms with Crippen LogP contribution in [0.2, 0.25) is 18.1 Å². The first-order valence-corrected chi connectivity index (χ1v) is 12.7. The van der Waals surface area contributed by atoms with Crippen LogP contribution in [0.5, 0.6) is 0 Å². The van der Waals surface area contributed by atoms with Crippen molar-refractivity contribution in [3.05, 3.63) is 0 Å². The first kappa shape index (κ1) is 21.8. The Kier molecular flexibility index (Phi) is 7.70. The molecule has 0 aromatic heterocycles. The Hall–Kier alpha value is -0.193. The molecule has 0 aliphatic heterocycles. The standard InChI is InChI=1S/C20H40O3Si/c1-14(2)17(21)15(3)18(22)19(16-12-10-9-11-13-16)23-24(7,8)20(4,5)6/h14-17,19,21H,9-13H2,1-8H3/t15-,17+,19+/m1/s1. The van der Waals surface area contributed by atoms with E-state index < -0.39 is 14.4 Å². The summed E-state index contributed by atoms with van der Waals surface area (Å²) < 4.78 is 6.63. The van der Waals surface area contributed by atoms with Crippen LogP contribution in [0.25, 0.3) is 0 Å². The topological polar surface area (TPSA) is 46.5 Å². The van der Waals surface area contributed by atoms with E-state index in [2.05, 4.69) is 33.9 Å². The molecule has 1 aliphatic carbocycles. The number of aliphatic hydroxyl groups excluding tert-OH is 1. The maximum Gasteiger partial charge on any atom is 0.193 e. The monoisotopic (exact) mass is 356 g/mol. The van der Waals surface area contributed by atoms with Crippen molar-refractivity contribution in [3.63, 3.8) is 0 Å². The molecule has 1 saturated carbocycles. The van der Waals surface area contributed by atoms with Gasteiger partial charge in [-0.05, 0) is 42.8 Å². The fourth-order valence-corrected chi connectivity index (χ4v) is 4.62. The highest BCUT2D eigenvalue weighted by molar-refractivity contribution is 6.74. The maximum atomic E-state index is 13.2. The van der Waals surface area contributed by atoms with E-state index in [4.69, 9.17) is 4.43 Å². The van der Waals surface area contributed by atoms with Gasteiger partial charge in [0, 0.05) is 5.92 Å². The van der Waals surface area contributed by atoms with Gasteiger partial charge in [-0.25, -0.2) is 0 Å². The normalized spacial score (nSPS) is 21.6. The van der Waals surface area contributed by atoms with E-state index in [-0.39, 0.29) is 28.8 Å². The van der Waals surface area contributed by atoms with Gasteiger partial charge in [0.2, 0.25) is 0 Å². The maximum absolute atomic E-state index is 13.2. The second kappa shape index (κ2) is 8.46. The summed E-state index contributed by atoms with van der Waals surface area (Å²) in [6.07, 6.45) is 4.88. The molecular formula is C20H40O3Si. The van der Waals surface area contributed by atoms with Crippen LogP contribution in [0.1, 0.15) is 73.6 Å². The van der Waals surface area contributed by atoms with E-state index >= 15 is 0 Å². The van der Waals surface area contributed by atoms with Crippen molar-refractivity contribution in [1.82, 2.24) is 0 Å². The minimum atomic E-state index is -2.03. The molecule has 0 aromatic rings. The molecule has 0 saturated heterocycles. The molecule has 0 heterocycles. The number of hydrogen-bond acceptors (Lipinski definition) is 3. The van der Waals surface area contributed by atoms with Crippen LogP contribution in [-0.4, -0.2) is 31.4 Å². The molecule has 1 rings (SSSR count). The molecule has 1 fully saturated rings. The van der Waals surface area contributed by atoms with Crippen LogP contribution in [0, 0.1) is 17.8 Å². The molecule has 142 valence electrons. The first-order chi connectivity index (χ1) is 10.9. The van der Waals surface area contributed by atoms with Crippen molar-refractivity contribution >= 4 is 14.1 Å². The quantitative estimate of drug-likeness (QED) is 0.639. The highest BCUT2D eigenvalue weighted by Crippen LogP contribution is 2.40. The molecule has 0 radical (unpaired) electrons. The summed E-state index contributed by atoms with van der Waals surface area (Å²) in [7, 11) is -2.03. The number of rotatable bonds is 7. The van der Waals surface area contributed by atoms with Crippen molar-refractivity contribution < 1.29 is 14.3 Å². The lowest BCUT2D eigenvalue weighted by atomic mass is 9.79. The average molecular weight is 357 g/mol. The Labute approximate surface area is 150 Å². The van der Waals surface area contributed by atoms with Gasteiger partial charge in [0.15, 0.2) is 14.1 Å². The number of carbonyl (C=O) groups excluding carboxylic acids is 1. The third-order valence-electron chi connectivity index (χ3n) is 6.23. The minimum absolute atomic E-state index is 0.0834. The van der Waals surface area contributed by atoms with Crippen molar-refractivity contribution in [2.24, 2.45) is 17.8 Å². The molecule has 24 heavy (non-hydrogen) atoms. The molecule has 0 amide bonds. The van der Waals surface area contributed by atoms with Gasteiger partial charge in [0.05, 0.1) is 6.10 Å². The fraction of sp³-hybridized carbons (Fsp3) is 0.950. The van der Waals surface area contributed by atoms with Gasteiger partial charge in [0.25, 0.3) is 0 Å². The van der Waals surface area contributed by atoms with Gasteiger partial charge < -0.3 is 9.53 Å². The number of Topliss-reactive ketones (excluding diaryl/α,β-unsaturated/α-hetero) is 1. The van der Waals surface area contributed by atoms with Gasteiger partial charge >= 0.3 is 0 Å². The van der Waals surface area contributed by atoms with Crippen LogP contribution in [0.15, 0.2) is 0 Å². The number of hydrogen-bond donors (Lipinski definition) is 1. The van der Waals surface area contributed by atoms with Gasteiger partial charge in [-0.1, -0.05) is 60.8 Å². The summed E-state index contributed by atoms with van der Waals surface area (Å²) >= 11 is 0. The predicted octanol–water partition coefficient (Wildman–Crippen LogP) is 5.18. The van der Waals surface area contributed by atoms with Crippen LogP contribution >= 0.6 is 0 Å². The summed E-state index contributed by atoms with van der Waals surface area (Å²) in [6, 6.07) is 0. The Morgan fingerprint density at radius 1 is 1.08 bits per heavy atom. The summed E-state index contributed by atoms with van der Waals surface area (Å²) in [5, 5.41) is 10.5. The lowest BCUT2D eigenvalue weighted by molar-refractivity contribution is -0.137. The summed E-state index contributed by atoms with van der Waals surface area (Å²) in [6.45, 7) is 16.9. The second-order valence-corrected chi connectivity index (χ2v) is 14.4. The molecule has 0 bridgehead atoms. The molecule has 4 heteroatoms. The lowest BCUT2D eigenvalue weighted by Gasteiger charge is -2.42. The van der Waals surface area contributed by atoms with Gasteiger partial charge in [-0.2, -0.15) is 0 Å². The van der Waals surface area contributed by atoms with Crippen LogP contribution in [-0.2, 0) is 9.22 Å². The zero-order valence-corrected chi connectivity index (χ0v) is 18.2. The third kappa shape index (κ3) is 5.40. The first-order valence-electron chi connectivity index (χ1n) is 9.78. The van der Waals surface area contributed by atoms with Crippen LogP contribution in [0.3, 0.4) is 0 Å². The van der Waals surface area contributed by atoms with E-state index in [0.717, 1.165) is 12.8 Å². The average Bonchev–Trinajstić information content (AvgIpc) is 2.50. The zero-order chi connectivity index (χ0) is 18.7.